The van der Waals surface area contributed by atoms with Gasteiger partial charge in [0, 0.05) is 11.1 Å². The summed E-state index contributed by atoms with van der Waals surface area (Å²) in [5.74, 6) is 1.59. The van der Waals surface area contributed by atoms with Crippen molar-refractivity contribution in [1.82, 2.24) is 0 Å². The Morgan fingerprint density at radius 2 is 1.13 bits per heavy atom. The van der Waals surface area contributed by atoms with Crippen molar-refractivity contribution in [3.8, 4) is 45.9 Å². The lowest BCUT2D eigenvalue weighted by atomic mass is 9.90. The fourth-order valence-corrected chi connectivity index (χ4v) is 3.49. The third-order valence-corrected chi connectivity index (χ3v) is 5.09. The van der Waals surface area contributed by atoms with Gasteiger partial charge in [-0.1, -0.05) is 56.2 Å². The molecule has 0 amide bonds. The van der Waals surface area contributed by atoms with Gasteiger partial charge < -0.3 is 9.47 Å². The summed E-state index contributed by atoms with van der Waals surface area (Å²) in [6, 6.07) is 23.5. The summed E-state index contributed by atoms with van der Waals surface area (Å²) >= 11 is 0. The number of benzene rings is 3. The fourth-order valence-electron chi connectivity index (χ4n) is 3.49. The van der Waals surface area contributed by atoms with Gasteiger partial charge in [0.25, 0.3) is 0 Å². The Morgan fingerprint density at radius 1 is 0.645 bits per heavy atom. The zero-order valence-corrected chi connectivity index (χ0v) is 18.0. The molecule has 3 aromatic carbocycles. The predicted molar refractivity (Wildman–Crippen MR) is 123 cm³/mol. The summed E-state index contributed by atoms with van der Waals surface area (Å²) in [5, 5.41) is 19.7. The van der Waals surface area contributed by atoms with E-state index in [2.05, 4.69) is 19.1 Å². The molecule has 4 heteroatoms. The van der Waals surface area contributed by atoms with Crippen LogP contribution in [0.15, 0.2) is 60.7 Å². The van der Waals surface area contributed by atoms with E-state index in [9.17, 15) is 10.5 Å². The number of rotatable bonds is 9. The number of ether oxygens (including phenoxy) is 2. The normalized spacial score (nSPS) is 10.2. The molecule has 0 saturated heterocycles. The van der Waals surface area contributed by atoms with Crippen molar-refractivity contribution in [2.24, 2.45) is 0 Å². The lowest BCUT2D eigenvalue weighted by molar-refractivity contribution is 0.306. The van der Waals surface area contributed by atoms with E-state index in [1.807, 2.05) is 67.6 Å². The smallest absolute Gasteiger partial charge is 0.119 e. The summed E-state index contributed by atoms with van der Waals surface area (Å²) in [7, 11) is 0. The van der Waals surface area contributed by atoms with Crippen LogP contribution in [0.5, 0.6) is 11.5 Å². The molecular formula is C27H26N2O2. The van der Waals surface area contributed by atoms with Gasteiger partial charge in [-0.3, -0.25) is 0 Å². The molecule has 0 bridgehead atoms. The minimum absolute atomic E-state index is 0.379. The van der Waals surface area contributed by atoms with Crippen LogP contribution in [0.25, 0.3) is 22.3 Å². The van der Waals surface area contributed by atoms with Crippen molar-refractivity contribution in [3.63, 3.8) is 0 Å². The quantitative estimate of drug-likeness (QED) is 0.367. The molecule has 0 aromatic heterocycles. The second kappa shape index (κ2) is 10.9. The molecule has 0 aliphatic heterocycles. The SMILES string of the molecule is CCCCCOc1ccc(-c2ccc(-c3ccc(OCC)cc3)c(C#N)c2C#N)cc1. The standard InChI is InChI=1S/C27H26N2O2/c1-3-5-6-17-31-23-13-9-21(10-14-23)25-16-15-24(26(18-28)27(25)19-29)20-7-11-22(12-8-20)30-4-2/h7-16H,3-6,17H2,1-2H3. The first-order valence-electron chi connectivity index (χ1n) is 10.7. The third kappa shape index (κ3) is 5.24. The number of nitriles is 2. The molecule has 0 N–H and O–H groups in total. The van der Waals surface area contributed by atoms with Crippen molar-refractivity contribution >= 4 is 0 Å². The van der Waals surface area contributed by atoms with E-state index in [1.165, 1.54) is 0 Å². The molecule has 4 nitrogen and oxygen atoms in total. The van der Waals surface area contributed by atoms with E-state index in [-0.39, 0.29) is 0 Å². The van der Waals surface area contributed by atoms with E-state index in [0.29, 0.717) is 24.3 Å². The Kier molecular flexibility index (Phi) is 7.68. The first-order chi connectivity index (χ1) is 15.2. The molecule has 0 heterocycles. The van der Waals surface area contributed by atoms with Crippen LogP contribution in [-0.2, 0) is 0 Å². The highest BCUT2D eigenvalue weighted by atomic mass is 16.5. The average Bonchev–Trinajstić information content (AvgIpc) is 2.82. The summed E-state index contributed by atoms with van der Waals surface area (Å²) in [4.78, 5) is 0. The van der Waals surface area contributed by atoms with Crippen LogP contribution in [0, 0.1) is 22.7 Å². The minimum atomic E-state index is 0.379. The highest BCUT2D eigenvalue weighted by Crippen LogP contribution is 2.34. The van der Waals surface area contributed by atoms with Crippen LogP contribution >= 0.6 is 0 Å². The summed E-state index contributed by atoms with van der Waals surface area (Å²) < 4.78 is 11.3. The van der Waals surface area contributed by atoms with Crippen LogP contribution < -0.4 is 9.47 Å². The topological polar surface area (TPSA) is 66.0 Å². The van der Waals surface area contributed by atoms with Gasteiger partial charge in [-0.05, 0) is 48.7 Å². The fraction of sp³-hybridized carbons (Fsp3) is 0.259. The van der Waals surface area contributed by atoms with Crippen molar-refractivity contribution in [2.75, 3.05) is 13.2 Å². The van der Waals surface area contributed by atoms with Crippen LogP contribution in [-0.4, -0.2) is 13.2 Å². The molecule has 0 saturated carbocycles. The van der Waals surface area contributed by atoms with Crippen molar-refractivity contribution in [2.45, 2.75) is 33.1 Å². The third-order valence-electron chi connectivity index (χ3n) is 5.09. The number of hydrogen-bond donors (Lipinski definition) is 0. The monoisotopic (exact) mass is 410 g/mol. The molecule has 156 valence electrons. The summed E-state index contributed by atoms with van der Waals surface area (Å²) in [5.41, 5.74) is 3.99. The first-order valence-corrected chi connectivity index (χ1v) is 10.7. The van der Waals surface area contributed by atoms with Gasteiger partial charge >= 0.3 is 0 Å². The molecule has 0 atom stereocenters. The maximum absolute atomic E-state index is 9.85. The van der Waals surface area contributed by atoms with E-state index in [4.69, 9.17) is 9.47 Å². The van der Waals surface area contributed by atoms with Crippen LogP contribution in [0.1, 0.15) is 44.2 Å². The molecule has 0 fully saturated rings. The molecule has 0 unspecified atom stereocenters. The molecule has 3 aromatic rings. The number of unbranched alkanes of at least 4 members (excludes halogenated alkanes) is 2. The molecule has 0 spiro atoms. The maximum Gasteiger partial charge on any atom is 0.119 e. The van der Waals surface area contributed by atoms with Crippen molar-refractivity contribution in [1.29, 1.82) is 10.5 Å². The summed E-state index contributed by atoms with van der Waals surface area (Å²) in [6.45, 7) is 5.40. The Balaban J connectivity index is 1.91. The lowest BCUT2D eigenvalue weighted by Crippen LogP contribution is -1.97. The predicted octanol–water partition coefficient (Wildman–Crippen LogP) is 6.73. The zero-order valence-electron chi connectivity index (χ0n) is 18.0. The van der Waals surface area contributed by atoms with Gasteiger partial charge in [-0.2, -0.15) is 10.5 Å². The maximum atomic E-state index is 9.85. The van der Waals surface area contributed by atoms with Crippen molar-refractivity contribution < 1.29 is 9.47 Å². The molecule has 0 radical (unpaired) electrons. The molecule has 31 heavy (non-hydrogen) atoms. The molecular weight excluding hydrogens is 384 g/mol. The van der Waals surface area contributed by atoms with Gasteiger partial charge in [0.2, 0.25) is 0 Å². The molecule has 3 rings (SSSR count). The Labute approximate surface area is 184 Å². The van der Waals surface area contributed by atoms with Crippen LogP contribution in [0.4, 0.5) is 0 Å². The van der Waals surface area contributed by atoms with Gasteiger partial charge in [0.15, 0.2) is 0 Å². The lowest BCUT2D eigenvalue weighted by Gasteiger charge is -2.12. The number of hydrogen-bond acceptors (Lipinski definition) is 4. The Bertz CT molecular complexity index is 1090. The Morgan fingerprint density at radius 3 is 1.55 bits per heavy atom. The highest BCUT2D eigenvalue weighted by molar-refractivity contribution is 5.82. The Hall–Kier alpha value is -3.76. The zero-order chi connectivity index (χ0) is 22.1. The van der Waals surface area contributed by atoms with E-state index < -0.39 is 0 Å². The second-order valence-corrected chi connectivity index (χ2v) is 7.17. The van der Waals surface area contributed by atoms with Gasteiger partial charge in [0.05, 0.1) is 24.3 Å². The second-order valence-electron chi connectivity index (χ2n) is 7.17. The molecule has 0 aliphatic carbocycles. The number of nitrogens with zero attached hydrogens (tertiary/aromatic N) is 2. The summed E-state index contributed by atoms with van der Waals surface area (Å²) in [6.07, 6.45) is 3.35. The molecule has 0 aliphatic rings. The van der Waals surface area contributed by atoms with Gasteiger partial charge in [-0.25, -0.2) is 0 Å². The minimum Gasteiger partial charge on any atom is -0.494 e. The van der Waals surface area contributed by atoms with Crippen molar-refractivity contribution in [3.05, 3.63) is 71.8 Å². The van der Waals surface area contributed by atoms with Gasteiger partial charge in [-0.15, -0.1) is 0 Å². The van der Waals surface area contributed by atoms with E-state index in [0.717, 1.165) is 53.0 Å². The first kappa shape index (κ1) is 21.9. The highest BCUT2D eigenvalue weighted by Gasteiger charge is 2.16. The average molecular weight is 411 g/mol. The van der Waals surface area contributed by atoms with Crippen LogP contribution in [0.3, 0.4) is 0 Å². The van der Waals surface area contributed by atoms with E-state index >= 15 is 0 Å². The van der Waals surface area contributed by atoms with Gasteiger partial charge in [0.1, 0.15) is 23.6 Å². The van der Waals surface area contributed by atoms with E-state index in [1.54, 1.807) is 0 Å². The largest absolute Gasteiger partial charge is 0.494 e. The van der Waals surface area contributed by atoms with Crippen LogP contribution in [0.2, 0.25) is 0 Å².